The quantitative estimate of drug-likeness (QED) is 0.878. The summed E-state index contributed by atoms with van der Waals surface area (Å²) >= 11 is 6.65. The van der Waals surface area contributed by atoms with Crippen molar-refractivity contribution < 1.29 is 14.3 Å². The van der Waals surface area contributed by atoms with E-state index in [4.69, 9.17) is 21.1 Å². The van der Waals surface area contributed by atoms with Gasteiger partial charge in [0.05, 0.1) is 6.61 Å². The maximum Gasteiger partial charge on any atom is 0.282 e. The number of hydrogen-bond donors (Lipinski definition) is 1. The van der Waals surface area contributed by atoms with Gasteiger partial charge in [0.25, 0.3) is 5.91 Å². The first-order valence-corrected chi connectivity index (χ1v) is 6.25. The molecule has 2 rings (SSSR count). The number of amides is 1. The fourth-order valence-corrected chi connectivity index (χ4v) is 2.32. The van der Waals surface area contributed by atoms with Crippen LogP contribution in [-0.2, 0) is 9.47 Å². The van der Waals surface area contributed by atoms with Crippen molar-refractivity contribution in [1.29, 1.82) is 0 Å². The van der Waals surface area contributed by atoms with Crippen LogP contribution < -0.4 is 5.32 Å². The molecule has 1 saturated heterocycles. The average molecular weight is 278 g/mol. The van der Waals surface area contributed by atoms with E-state index in [0.29, 0.717) is 19.8 Å². The first-order chi connectivity index (χ1) is 8.15. The van der Waals surface area contributed by atoms with Crippen LogP contribution in [0.1, 0.15) is 16.2 Å². The standard InChI is InChI=1S/C9H12ClN3O3S/c1-15-9(2-3-16-5-9)4-11-6(14)7-12-13-8(10)17-7/h2-5H2,1H3,(H,11,14). The highest BCUT2D eigenvalue weighted by molar-refractivity contribution is 7.17. The van der Waals surface area contributed by atoms with E-state index in [1.807, 2.05) is 0 Å². The molecular formula is C9H12ClN3O3S. The molecule has 1 N–H and O–H groups in total. The molecule has 1 aromatic rings. The maximum absolute atomic E-state index is 11.7. The summed E-state index contributed by atoms with van der Waals surface area (Å²) in [6.45, 7) is 1.52. The van der Waals surface area contributed by atoms with Gasteiger partial charge >= 0.3 is 0 Å². The Balaban J connectivity index is 1.91. The number of ether oxygens (including phenoxy) is 2. The summed E-state index contributed by atoms with van der Waals surface area (Å²) in [4.78, 5) is 11.7. The molecular weight excluding hydrogens is 266 g/mol. The van der Waals surface area contributed by atoms with Gasteiger partial charge in [0.1, 0.15) is 5.60 Å². The van der Waals surface area contributed by atoms with Crippen molar-refractivity contribution in [2.24, 2.45) is 0 Å². The van der Waals surface area contributed by atoms with Gasteiger partial charge in [0, 0.05) is 26.7 Å². The molecule has 94 valence electrons. The van der Waals surface area contributed by atoms with Crippen LogP contribution in [0, 0.1) is 0 Å². The molecule has 0 bridgehead atoms. The van der Waals surface area contributed by atoms with E-state index in [0.717, 1.165) is 17.8 Å². The summed E-state index contributed by atoms with van der Waals surface area (Å²) in [6, 6.07) is 0. The number of rotatable bonds is 4. The molecule has 8 heteroatoms. The zero-order valence-corrected chi connectivity index (χ0v) is 10.8. The molecule has 1 aromatic heterocycles. The Hall–Kier alpha value is -0.760. The summed E-state index contributed by atoms with van der Waals surface area (Å²) in [5, 5.41) is 10.2. The van der Waals surface area contributed by atoms with Crippen LogP contribution in [0.4, 0.5) is 0 Å². The van der Waals surface area contributed by atoms with Gasteiger partial charge in [0.15, 0.2) is 0 Å². The van der Waals surface area contributed by atoms with Crippen LogP contribution in [0.3, 0.4) is 0 Å². The van der Waals surface area contributed by atoms with Gasteiger partial charge in [-0.2, -0.15) is 0 Å². The largest absolute Gasteiger partial charge is 0.378 e. The molecule has 0 spiro atoms. The Morgan fingerprint density at radius 2 is 2.53 bits per heavy atom. The molecule has 1 aliphatic rings. The van der Waals surface area contributed by atoms with Gasteiger partial charge in [-0.05, 0) is 11.6 Å². The zero-order valence-electron chi connectivity index (χ0n) is 9.23. The lowest BCUT2D eigenvalue weighted by atomic mass is 10.0. The molecule has 1 unspecified atom stereocenters. The Labute approximate surface area is 107 Å². The van der Waals surface area contributed by atoms with Crippen molar-refractivity contribution in [3.05, 3.63) is 9.47 Å². The molecule has 1 amide bonds. The number of carbonyl (C=O) groups excluding carboxylic acids is 1. The average Bonchev–Trinajstić information content (AvgIpc) is 2.95. The van der Waals surface area contributed by atoms with Crippen LogP contribution in [0.25, 0.3) is 0 Å². The van der Waals surface area contributed by atoms with Crippen molar-refractivity contribution >= 4 is 28.8 Å². The van der Waals surface area contributed by atoms with Gasteiger partial charge in [-0.15, -0.1) is 10.2 Å². The molecule has 1 fully saturated rings. The lowest BCUT2D eigenvalue weighted by molar-refractivity contribution is -0.0148. The monoisotopic (exact) mass is 277 g/mol. The number of nitrogens with zero attached hydrogens (tertiary/aromatic N) is 2. The number of halogens is 1. The van der Waals surface area contributed by atoms with Crippen LogP contribution in [0.15, 0.2) is 0 Å². The van der Waals surface area contributed by atoms with Gasteiger partial charge < -0.3 is 14.8 Å². The lowest BCUT2D eigenvalue weighted by Crippen LogP contribution is -2.45. The molecule has 0 saturated carbocycles. The number of hydrogen-bond acceptors (Lipinski definition) is 6. The summed E-state index contributed by atoms with van der Waals surface area (Å²) < 4.78 is 10.9. The van der Waals surface area contributed by atoms with Crippen LogP contribution >= 0.6 is 22.9 Å². The second-order valence-corrected chi connectivity index (χ2v) is 5.29. The van der Waals surface area contributed by atoms with Crippen LogP contribution in [0.2, 0.25) is 4.47 Å². The number of aromatic nitrogens is 2. The fraction of sp³-hybridized carbons (Fsp3) is 0.667. The topological polar surface area (TPSA) is 73.3 Å². The fourth-order valence-electron chi connectivity index (χ4n) is 1.58. The summed E-state index contributed by atoms with van der Waals surface area (Å²) in [5.41, 5.74) is -0.426. The third kappa shape index (κ3) is 2.92. The lowest BCUT2D eigenvalue weighted by Gasteiger charge is -2.25. The molecule has 2 heterocycles. The van der Waals surface area contributed by atoms with Crippen molar-refractivity contribution in [2.75, 3.05) is 26.9 Å². The highest BCUT2D eigenvalue weighted by Crippen LogP contribution is 2.22. The van der Waals surface area contributed by atoms with Crippen molar-refractivity contribution in [1.82, 2.24) is 15.5 Å². The predicted octanol–water partition coefficient (Wildman–Crippen LogP) is 0.727. The minimum absolute atomic E-state index is 0.250. The predicted molar refractivity (Wildman–Crippen MR) is 62.4 cm³/mol. The summed E-state index contributed by atoms with van der Waals surface area (Å²) in [6.07, 6.45) is 0.765. The summed E-state index contributed by atoms with van der Waals surface area (Å²) in [7, 11) is 1.61. The molecule has 6 nitrogen and oxygen atoms in total. The molecule has 0 aromatic carbocycles. The second kappa shape index (κ2) is 5.26. The maximum atomic E-state index is 11.7. The van der Waals surface area contributed by atoms with Crippen molar-refractivity contribution in [2.45, 2.75) is 12.0 Å². The van der Waals surface area contributed by atoms with Gasteiger partial charge in [-0.25, -0.2) is 0 Å². The first-order valence-electron chi connectivity index (χ1n) is 5.05. The minimum Gasteiger partial charge on any atom is -0.378 e. The molecule has 0 radical (unpaired) electrons. The first kappa shape index (κ1) is 12.7. The molecule has 1 atom stereocenters. The van der Waals surface area contributed by atoms with Gasteiger partial charge in [0.2, 0.25) is 9.47 Å². The molecule has 1 aliphatic heterocycles. The van der Waals surface area contributed by atoms with E-state index in [1.165, 1.54) is 0 Å². The Morgan fingerprint density at radius 1 is 1.71 bits per heavy atom. The third-order valence-corrected chi connectivity index (χ3v) is 3.68. The Kier molecular flexibility index (Phi) is 3.93. The molecule has 0 aliphatic carbocycles. The highest BCUT2D eigenvalue weighted by atomic mass is 35.5. The Bertz CT molecular complexity index is 406. The number of methoxy groups -OCH3 is 1. The number of carbonyl (C=O) groups is 1. The van der Waals surface area contributed by atoms with Gasteiger partial charge in [-0.1, -0.05) is 11.3 Å². The highest BCUT2D eigenvalue weighted by Gasteiger charge is 2.35. The Morgan fingerprint density at radius 3 is 3.06 bits per heavy atom. The van der Waals surface area contributed by atoms with Crippen molar-refractivity contribution in [3.63, 3.8) is 0 Å². The van der Waals surface area contributed by atoms with Crippen LogP contribution in [0.5, 0.6) is 0 Å². The van der Waals surface area contributed by atoms with Gasteiger partial charge in [-0.3, -0.25) is 4.79 Å². The van der Waals surface area contributed by atoms with E-state index in [1.54, 1.807) is 7.11 Å². The van der Waals surface area contributed by atoms with E-state index in [9.17, 15) is 4.79 Å². The van der Waals surface area contributed by atoms with E-state index in [-0.39, 0.29) is 15.4 Å². The SMILES string of the molecule is COC1(CNC(=O)c2nnc(Cl)s2)CCOC1. The summed E-state index contributed by atoms with van der Waals surface area (Å²) in [5.74, 6) is -0.294. The molecule has 17 heavy (non-hydrogen) atoms. The van der Waals surface area contributed by atoms with E-state index < -0.39 is 5.60 Å². The normalized spacial score (nSPS) is 23.9. The minimum atomic E-state index is -0.426. The zero-order chi connectivity index (χ0) is 12.3. The second-order valence-electron chi connectivity index (χ2n) is 3.73. The van der Waals surface area contributed by atoms with E-state index >= 15 is 0 Å². The number of nitrogens with one attached hydrogen (secondary N) is 1. The van der Waals surface area contributed by atoms with Crippen molar-refractivity contribution in [3.8, 4) is 0 Å². The van der Waals surface area contributed by atoms with Crippen LogP contribution in [-0.4, -0.2) is 48.6 Å². The third-order valence-electron chi connectivity index (χ3n) is 2.67. The smallest absolute Gasteiger partial charge is 0.282 e. The van der Waals surface area contributed by atoms with E-state index in [2.05, 4.69) is 15.5 Å².